The molecule has 0 aromatic heterocycles. The largest absolute Gasteiger partial charge is 3.00 e. The third kappa shape index (κ3) is 21.2. The van der Waals surface area contributed by atoms with Gasteiger partial charge in [0.05, 0.1) is 0 Å². The van der Waals surface area contributed by atoms with Gasteiger partial charge in [-0.05, 0) is 0 Å². The molecule has 151 valence electrons. The molecule has 1 aliphatic carbocycles. The van der Waals surface area contributed by atoms with Gasteiger partial charge in [-0.3, -0.25) is 6.08 Å². The van der Waals surface area contributed by atoms with Crippen LogP contribution >= 0.6 is 0 Å². The molecule has 0 amide bonds. The predicted octanol–water partition coefficient (Wildman–Crippen LogP) is 2.33. The van der Waals surface area contributed by atoms with Gasteiger partial charge in [0, 0.05) is 0 Å². The van der Waals surface area contributed by atoms with Crippen LogP contribution in [0.4, 0.5) is 0 Å². The molecule has 0 saturated carbocycles. The van der Waals surface area contributed by atoms with Gasteiger partial charge in [-0.2, -0.15) is 6.08 Å². The molecule has 0 fully saturated rings. The van der Waals surface area contributed by atoms with E-state index in [4.69, 9.17) is 0 Å². The van der Waals surface area contributed by atoms with Crippen molar-refractivity contribution in [3.63, 3.8) is 0 Å². The van der Waals surface area contributed by atoms with Crippen LogP contribution in [-0.4, -0.2) is 0 Å². The molecule has 0 N–H and O–H groups in total. The molecular weight excluding hydrogens is 438 g/mol. The fourth-order valence-corrected chi connectivity index (χ4v) is 3.49. The molecule has 1 radical (unpaired) electrons. The first-order valence-electron chi connectivity index (χ1n) is 10.7. The first-order valence-corrected chi connectivity index (χ1v) is 10.7. The molecule has 0 nitrogen and oxygen atoms in total. The number of allylic oxidation sites excluding steroid dienone is 4. The minimum Gasteiger partial charge on any atom is -1.00 e. The monoisotopic (exact) mass is 477 g/mol. The Hall–Kier alpha value is 0.943. The minimum absolute atomic E-state index is 0. The smallest absolute Gasteiger partial charge is 1.00 e. The third-order valence-corrected chi connectivity index (χ3v) is 5.07. The van der Waals surface area contributed by atoms with Crippen molar-refractivity contribution in [2.75, 3.05) is 0 Å². The van der Waals surface area contributed by atoms with Crippen molar-refractivity contribution in [1.82, 2.24) is 0 Å². The first kappa shape index (κ1) is 31.6. The zero-order valence-electron chi connectivity index (χ0n) is 17.1. The van der Waals surface area contributed by atoms with E-state index in [-0.39, 0.29) is 51.0 Å². The zero-order chi connectivity index (χ0) is 16.4. The Morgan fingerprint density at radius 2 is 1.04 bits per heavy atom. The number of hydrogen-bond donors (Lipinski definition) is 0. The van der Waals surface area contributed by atoms with Crippen molar-refractivity contribution in [2.45, 2.75) is 122 Å². The van der Waals surface area contributed by atoms with Crippen molar-refractivity contribution in [3.8, 4) is 0 Å². The van der Waals surface area contributed by atoms with Crippen LogP contribution in [0.1, 0.15) is 122 Å². The Bertz CT molecular complexity index is 313. The molecule has 0 spiro atoms. The second-order valence-corrected chi connectivity index (χ2v) is 7.36. The molecule has 1 rings (SSSR count). The molecule has 0 heterocycles. The molecule has 0 atom stereocenters. The van der Waals surface area contributed by atoms with Gasteiger partial charge in [0.15, 0.2) is 0 Å². The summed E-state index contributed by atoms with van der Waals surface area (Å²) in [6.45, 7) is 2.30. The summed E-state index contributed by atoms with van der Waals surface area (Å²) in [5, 5.41) is 0. The van der Waals surface area contributed by atoms with Gasteiger partial charge in [-0.15, -0.1) is 6.42 Å². The Balaban J connectivity index is -0.00000176. The maximum atomic E-state index is 3.41. The molecule has 26 heavy (non-hydrogen) atoms. The van der Waals surface area contributed by atoms with Crippen molar-refractivity contribution >= 4 is 0 Å². The van der Waals surface area contributed by atoms with Crippen LogP contribution in [0.15, 0.2) is 17.7 Å². The average molecular weight is 480 g/mol. The van der Waals surface area contributed by atoms with Crippen LogP contribution in [0.3, 0.4) is 0 Å². The SMILES string of the molecule is CCCCCCCCCCCCCCCCCCC1=[C-]CC=C1.[Cl-].[Cl-].[Zr+3]. The molecule has 0 saturated heterocycles. The summed E-state index contributed by atoms with van der Waals surface area (Å²) in [4.78, 5) is 0. The molecule has 3 heteroatoms. The maximum absolute atomic E-state index is 3.41. The van der Waals surface area contributed by atoms with E-state index < -0.39 is 0 Å². The van der Waals surface area contributed by atoms with Gasteiger partial charge in [0.2, 0.25) is 0 Å². The van der Waals surface area contributed by atoms with Gasteiger partial charge in [-0.25, -0.2) is 11.6 Å². The summed E-state index contributed by atoms with van der Waals surface area (Å²) in [5.41, 5.74) is 1.45. The van der Waals surface area contributed by atoms with Crippen LogP contribution in [0.2, 0.25) is 0 Å². The Morgan fingerprint density at radius 1 is 0.654 bits per heavy atom. The summed E-state index contributed by atoms with van der Waals surface area (Å²) >= 11 is 0. The van der Waals surface area contributed by atoms with E-state index >= 15 is 0 Å². The fraction of sp³-hybridized carbons (Fsp3) is 0.826. The average Bonchev–Trinajstić information content (AvgIpc) is 3.08. The minimum atomic E-state index is 0. The molecular formula is C23H41Cl2Zr. The summed E-state index contributed by atoms with van der Waals surface area (Å²) < 4.78 is 0. The number of rotatable bonds is 17. The van der Waals surface area contributed by atoms with Gasteiger partial charge < -0.3 is 24.8 Å². The molecule has 0 bridgehead atoms. The Kier molecular flexibility index (Phi) is 31.6. The van der Waals surface area contributed by atoms with E-state index in [1.807, 2.05) is 0 Å². The van der Waals surface area contributed by atoms with Crippen LogP contribution in [0.5, 0.6) is 0 Å². The number of halogens is 2. The summed E-state index contributed by atoms with van der Waals surface area (Å²) in [7, 11) is 0. The van der Waals surface area contributed by atoms with Gasteiger partial charge in [0.25, 0.3) is 0 Å². The second kappa shape index (κ2) is 25.9. The van der Waals surface area contributed by atoms with Crippen LogP contribution in [-0.2, 0) is 26.2 Å². The molecule has 0 aromatic carbocycles. The summed E-state index contributed by atoms with van der Waals surface area (Å²) in [6, 6.07) is 0. The number of unbranched alkanes of at least 4 members (excludes halogenated alkanes) is 15. The van der Waals surface area contributed by atoms with Crippen molar-refractivity contribution in [3.05, 3.63) is 23.8 Å². The summed E-state index contributed by atoms with van der Waals surface area (Å²) in [5.74, 6) is 0. The normalized spacial score (nSPS) is 12.1. The van der Waals surface area contributed by atoms with Crippen molar-refractivity contribution < 1.29 is 51.0 Å². The topological polar surface area (TPSA) is 0 Å². The van der Waals surface area contributed by atoms with E-state index in [2.05, 4.69) is 25.2 Å². The predicted molar refractivity (Wildman–Crippen MR) is 105 cm³/mol. The van der Waals surface area contributed by atoms with Crippen LogP contribution in [0.25, 0.3) is 0 Å². The molecule has 1 aliphatic rings. The third-order valence-electron chi connectivity index (χ3n) is 5.07. The number of hydrogen-bond acceptors (Lipinski definition) is 0. The van der Waals surface area contributed by atoms with Crippen LogP contribution < -0.4 is 24.8 Å². The van der Waals surface area contributed by atoms with E-state index in [0.717, 1.165) is 6.42 Å². The van der Waals surface area contributed by atoms with Crippen molar-refractivity contribution in [2.24, 2.45) is 0 Å². The standard InChI is InChI=1S/C23H41.2ClH.Zr/c1-2-3-4-5-6-7-8-9-10-11-12-13-14-15-16-17-20-23-21-18-19-22-23;;;/h18,21H,2-17,19-20H2,1H3;2*1H;/q-1;;;+3/p-2. The molecule has 0 aliphatic heterocycles. The molecule has 0 unspecified atom stereocenters. The van der Waals surface area contributed by atoms with Gasteiger partial charge in [-0.1, -0.05) is 116 Å². The van der Waals surface area contributed by atoms with E-state index in [1.165, 1.54) is 115 Å². The fourth-order valence-electron chi connectivity index (χ4n) is 3.49. The second-order valence-electron chi connectivity index (χ2n) is 7.36. The van der Waals surface area contributed by atoms with E-state index in [0.29, 0.717) is 0 Å². The van der Waals surface area contributed by atoms with Gasteiger partial charge in [0.1, 0.15) is 0 Å². The zero-order valence-corrected chi connectivity index (χ0v) is 21.1. The first-order chi connectivity index (χ1) is 11.4. The summed E-state index contributed by atoms with van der Waals surface area (Å²) in [6.07, 6.45) is 33.4. The van der Waals surface area contributed by atoms with E-state index in [1.54, 1.807) is 0 Å². The van der Waals surface area contributed by atoms with E-state index in [9.17, 15) is 0 Å². The van der Waals surface area contributed by atoms with Gasteiger partial charge >= 0.3 is 26.2 Å². The van der Waals surface area contributed by atoms with Crippen molar-refractivity contribution in [1.29, 1.82) is 0 Å². The van der Waals surface area contributed by atoms with Crippen LogP contribution in [0, 0.1) is 6.08 Å². The Morgan fingerprint density at radius 3 is 1.38 bits per heavy atom. The quantitative estimate of drug-likeness (QED) is 0.222. The maximum Gasteiger partial charge on any atom is 3.00 e. The Labute approximate surface area is 196 Å². The molecule has 0 aromatic rings.